The van der Waals surface area contributed by atoms with Gasteiger partial charge in [0.25, 0.3) is 0 Å². The average Bonchev–Trinajstić information content (AvgIpc) is 2.93. The van der Waals surface area contributed by atoms with E-state index in [-0.39, 0.29) is 5.54 Å². The average molecular weight is 231 g/mol. The highest BCUT2D eigenvalue weighted by Crippen LogP contribution is 2.40. The zero-order chi connectivity index (χ0) is 10.2. The van der Waals surface area contributed by atoms with Crippen molar-refractivity contribution in [2.45, 2.75) is 24.8 Å². The molecule has 2 nitrogen and oxygen atoms in total. The Bertz CT molecular complexity index is 328. The second-order valence-electron chi connectivity index (χ2n) is 3.79. The summed E-state index contributed by atoms with van der Waals surface area (Å²) >= 11 is 12.1. The first kappa shape index (κ1) is 10.2. The van der Waals surface area contributed by atoms with Gasteiger partial charge in [-0.2, -0.15) is 0 Å². The van der Waals surface area contributed by atoms with Crippen LogP contribution in [0.5, 0.6) is 0 Å². The summed E-state index contributed by atoms with van der Waals surface area (Å²) in [5.41, 5.74) is 1.24. The van der Waals surface area contributed by atoms with Crippen molar-refractivity contribution in [2.75, 3.05) is 7.05 Å². The molecule has 1 N–H and O–H groups in total. The zero-order valence-electron chi connectivity index (χ0n) is 7.98. The molecule has 1 aliphatic rings. The Balaban J connectivity index is 2.24. The second kappa shape index (κ2) is 3.69. The van der Waals surface area contributed by atoms with Crippen LogP contribution < -0.4 is 5.32 Å². The number of nitrogens with one attached hydrogen (secondary N) is 1. The summed E-state index contributed by atoms with van der Waals surface area (Å²) < 4.78 is 0. The van der Waals surface area contributed by atoms with Crippen LogP contribution in [-0.4, -0.2) is 17.6 Å². The molecule has 0 amide bonds. The standard InChI is InChI=1S/C10H12Cl2N2/c1-13-10(2-3-10)4-7-8(11)5-14-6-9(7)12/h5-6,13H,2-4H2,1H3. The first-order chi connectivity index (χ1) is 6.67. The number of halogens is 2. The lowest BCUT2D eigenvalue weighted by molar-refractivity contribution is 0.548. The van der Waals surface area contributed by atoms with Gasteiger partial charge in [-0.15, -0.1) is 0 Å². The predicted octanol–water partition coefficient (Wildman–Crippen LogP) is 2.68. The quantitative estimate of drug-likeness (QED) is 0.864. The molecule has 76 valence electrons. The van der Waals surface area contributed by atoms with E-state index in [2.05, 4.69) is 10.3 Å². The molecule has 4 heteroatoms. The Morgan fingerprint density at radius 2 is 1.93 bits per heavy atom. The van der Waals surface area contributed by atoms with Gasteiger partial charge in [-0.05, 0) is 31.9 Å². The van der Waals surface area contributed by atoms with Gasteiger partial charge < -0.3 is 5.32 Å². The summed E-state index contributed by atoms with van der Waals surface area (Å²) in [5.74, 6) is 0. The molecule has 2 rings (SSSR count). The summed E-state index contributed by atoms with van der Waals surface area (Å²) in [6.45, 7) is 0. The van der Waals surface area contributed by atoms with Crippen molar-refractivity contribution in [3.8, 4) is 0 Å². The maximum absolute atomic E-state index is 6.05. The molecule has 1 fully saturated rings. The van der Waals surface area contributed by atoms with Gasteiger partial charge >= 0.3 is 0 Å². The molecule has 14 heavy (non-hydrogen) atoms. The van der Waals surface area contributed by atoms with Gasteiger partial charge in [0, 0.05) is 17.9 Å². The summed E-state index contributed by atoms with van der Waals surface area (Å²) in [7, 11) is 1.98. The first-order valence-corrected chi connectivity index (χ1v) is 5.39. The zero-order valence-corrected chi connectivity index (χ0v) is 9.49. The Hall–Kier alpha value is -0.310. The number of rotatable bonds is 3. The third-order valence-corrected chi connectivity index (χ3v) is 3.50. The minimum Gasteiger partial charge on any atom is -0.314 e. The summed E-state index contributed by atoms with van der Waals surface area (Å²) in [6.07, 6.45) is 6.57. The van der Waals surface area contributed by atoms with Crippen LogP contribution in [0.15, 0.2) is 12.4 Å². The Morgan fingerprint density at radius 3 is 2.36 bits per heavy atom. The number of nitrogens with zero attached hydrogens (tertiary/aromatic N) is 1. The molecule has 1 aromatic heterocycles. The van der Waals surface area contributed by atoms with Gasteiger partial charge in [-0.3, -0.25) is 4.98 Å². The third kappa shape index (κ3) is 1.88. The molecule has 0 aliphatic heterocycles. The molecule has 0 aromatic carbocycles. The highest BCUT2D eigenvalue weighted by atomic mass is 35.5. The van der Waals surface area contributed by atoms with Crippen molar-refractivity contribution < 1.29 is 0 Å². The van der Waals surface area contributed by atoms with E-state index in [9.17, 15) is 0 Å². The number of pyridine rings is 1. The van der Waals surface area contributed by atoms with Crippen LogP contribution >= 0.6 is 23.2 Å². The molecule has 1 aliphatic carbocycles. The molecule has 0 radical (unpaired) electrons. The minimum atomic E-state index is 0.231. The lowest BCUT2D eigenvalue weighted by Crippen LogP contribution is -2.29. The van der Waals surface area contributed by atoms with Crippen molar-refractivity contribution >= 4 is 23.2 Å². The first-order valence-electron chi connectivity index (χ1n) is 4.64. The molecular weight excluding hydrogens is 219 g/mol. The molecule has 1 heterocycles. The molecule has 1 saturated carbocycles. The monoisotopic (exact) mass is 230 g/mol. The number of hydrogen-bond acceptors (Lipinski definition) is 2. The molecule has 0 bridgehead atoms. The summed E-state index contributed by atoms with van der Waals surface area (Å²) in [4.78, 5) is 3.94. The molecule has 0 saturated heterocycles. The molecule has 1 aromatic rings. The normalized spacial score (nSPS) is 18.2. The maximum Gasteiger partial charge on any atom is 0.0636 e. The predicted molar refractivity (Wildman–Crippen MR) is 59.0 cm³/mol. The van der Waals surface area contributed by atoms with Crippen molar-refractivity contribution in [3.63, 3.8) is 0 Å². The van der Waals surface area contributed by atoms with Crippen LogP contribution in [0.25, 0.3) is 0 Å². The Kier molecular flexibility index (Phi) is 2.69. The van der Waals surface area contributed by atoms with Crippen LogP contribution in [0.1, 0.15) is 18.4 Å². The van der Waals surface area contributed by atoms with Crippen LogP contribution in [0.2, 0.25) is 10.0 Å². The lowest BCUT2D eigenvalue weighted by Gasteiger charge is -2.15. The van der Waals surface area contributed by atoms with E-state index >= 15 is 0 Å². The fourth-order valence-corrected chi connectivity index (χ4v) is 2.11. The fourth-order valence-electron chi connectivity index (χ4n) is 1.61. The topological polar surface area (TPSA) is 24.9 Å². The summed E-state index contributed by atoms with van der Waals surface area (Å²) in [6, 6.07) is 0. The smallest absolute Gasteiger partial charge is 0.0636 e. The van der Waals surface area contributed by atoms with Gasteiger partial charge in [0.2, 0.25) is 0 Å². The highest BCUT2D eigenvalue weighted by molar-refractivity contribution is 6.35. The van der Waals surface area contributed by atoms with Crippen molar-refractivity contribution in [1.82, 2.24) is 10.3 Å². The molecule has 0 spiro atoms. The summed E-state index contributed by atoms with van der Waals surface area (Å²) in [5, 5.41) is 4.65. The molecule has 0 unspecified atom stereocenters. The van der Waals surface area contributed by atoms with E-state index in [1.807, 2.05) is 7.05 Å². The lowest BCUT2D eigenvalue weighted by atomic mass is 10.1. The van der Waals surface area contributed by atoms with E-state index in [1.165, 1.54) is 12.8 Å². The van der Waals surface area contributed by atoms with Crippen LogP contribution in [0, 0.1) is 0 Å². The van der Waals surface area contributed by atoms with Gasteiger partial charge in [0.15, 0.2) is 0 Å². The SMILES string of the molecule is CNC1(Cc2c(Cl)cncc2Cl)CC1. The second-order valence-corrected chi connectivity index (χ2v) is 4.60. The van der Waals surface area contributed by atoms with Gasteiger partial charge in [-0.1, -0.05) is 23.2 Å². The minimum absolute atomic E-state index is 0.231. The Labute approximate surface area is 93.6 Å². The van der Waals surface area contributed by atoms with E-state index in [1.54, 1.807) is 12.4 Å². The van der Waals surface area contributed by atoms with Gasteiger partial charge in [0.1, 0.15) is 0 Å². The molecule has 0 atom stereocenters. The third-order valence-electron chi connectivity index (χ3n) is 2.85. The van der Waals surface area contributed by atoms with Gasteiger partial charge in [0.05, 0.1) is 10.0 Å². The largest absolute Gasteiger partial charge is 0.314 e. The van der Waals surface area contributed by atoms with Crippen molar-refractivity contribution in [2.24, 2.45) is 0 Å². The van der Waals surface area contributed by atoms with Crippen molar-refractivity contribution in [3.05, 3.63) is 28.0 Å². The molecular formula is C10H12Cl2N2. The van der Waals surface area contributed by atoms with E-state index < -0.39 is 0 Å². The van der Waals surface area contributed by atoms with Gasteiger partial charge in [-0.25, -0.2) is 0 Å². The number of likely N-dealkylation sites (N-methyl/N-ethyl adjacent to an activating group) is 1. The van der Waals surface area contributed by atoms with Crippen LogP contribution in [0.4, 0.5) is 0 Å². The van der Waals surface area contributed by atoms with E-state index in [0.29, 0.717) is 10.0 Å². The number of hydrogen-bond donors (Lipinski definition) is 1. The van der Waals surface area contributed by atoms with E-state index in [0.717, 1.165) is 12.0 Å². The highest BCUT2D eigenvalue weighted by Gasteiger charge is 2.41. The Morgan fingerprint density at radius 1 is 1.36 bits per heavy atom. The number of aromatic nitrogens is 1. The van der Waals surface area contributed by atoms with Crippen LogP contribution in [-0.2, 0) is 6.42 Å². The van der Waals surface area contributed by atoms with Crippen molar-refractivity contribution in [1.29, 1.82) is 0 Å². The van der Waals surface area contributed by atoms with Crippen LogP contribution in [0.3, 0.4) is 0 Å². The maximum atomic E-state index is 6.05. The fraction of sp³-hybridized carbons (Fsp3) is 0.500. The van der Waals surface area contributed by atoms with E-state index in [4.69, 9.17) is 23.2 Å².